The van der Waals surface area contributed by atoms with E-state index in [1.165, 1.54) is 0 Å². The fourth-order valence-electron chi connectivity index (χ4n) is 4.27. The van der Waals surface area contributed by atoms with Crippen molar-refractivity contribution >= 4 is 34.8 Å². The van der Waals surface area contributed by atoms with Crippen molar-refractivity contribution in [3.8, 4) is 17.1 Å². The number of hydrogen-bond donors (Lipinski definition) is 0. The zero-order valence-corrected chi connectivity index (χ0v) is 19.2. The van der Waals surface area contributed by atoms with Crippen molar-refractivity contribution in [1.82, 2.24) is 10.1 Å². The molecule has 2 aliphatic rings. The van der Waals surface area contributed by atoms with E-state index in [4.69, 9.17) is 32.5 Å². The van der Waals surface area contributed by atoms with Gasteiger partial charge in [-0.05, 0) is 43.2 Å². The van der Waals surface area contributed by atoms with E-state index < -0.39 is 5.41 Å². The monoisotopic (exact) mass is 471 g/mol. The van der Waals surface area contributed by atoms with Crippen LogP contribution in [0.3, 0.4) is 0 Å². The predicted molar refractivity (Wildman–Crippen MR) is 125 cm³/mol. The zero-order chi connectivity index (χ0) is 22.3. The number of anilines is 1. The second kappa shape index (κ2) is 8.34. The number of ether oxygens (including phenoxy) is 1. The third kappa shape index (κ3) is 3.82. The van der Waals surface area contributed by atoms with Gasteiger partial charge in [0.25, 0.3) is 0 Å². The number of benzene rings is 2. The lowest BCUT2D eigenvalue weighted by molar-refractivity contribution is -0.134. The summed E-state index contributed by atoms with van der Waals surface area (Å²) in [5.41, 5.74) is 2.05. The Morgan fingerprint density at radius 2 is 1.81 bits per heavy atom. The fraction of sp³-hybridized carbons (Fsp3) is 0.333. The molecule has 0 spiro atoms. The lowest BCUT2D eigenvalue weighted by Gasteiger charge is -2.37. The van der Waals surface area contributed by atoms with E-state index in [0.29, 0.717) is 34.6 Å². The lowest BCUT2D eigenvalue weighted by atomic mass is 9.99. The molecular formula is C24H23Cl2N3O3. The number of carbonyl (C=O) groups excluding carboxylic acids is 1. The summed E-state index contributed by atoms with van der Waals surface area (Å²) in [6.07, 6.45) is 1.59. The van der Waals surface area contributed by atoms with Crippen LogP contribution in [-0.4, -0.2) is 49.3 Å². The first-order chi connectivity index (χ1) is 15.5. The number of piperazine rings is 1. The Hall–Kier alpha value is -2.70. The standard InChI is InChI=1S/C24H23Cl2N3O3/c1-31-18-4-2-3-16(13-18)21-15-22(27-32-21)24(7-8-24)23(30)29-11-9-28(10-12-29)17-5-6-19(25)20(26)14-17/h2-6,13-15H,7-12H2,1H3. The number of aromatic nitrogens is 1. The van der Waals surface area contributed by atoms with Crippen molar-refractivity contribution in [3.63, 3.8) is 0 Å². The van der Waals surface area contributed by atoms with Crippen molar-refractivity contribution < 1.29 is 14.1 Å². The van der Waals surface area contributed by atoms with E-state index in [1.807, 2.05) is 47.4 Å². The Labute approximate surface area is 196 Å². The predicted octanol–water partition coefficient (Wildman–Crippen LogP) is 5.04. The van der Waals surface area contributed by atoms with Crippen molar-refractivity contribution in [2.45, 2.75) is 18.3 Å². The van der Waals surface area contributed by atoms with Gasteiger partial charge in [-0.15, -0.1) is 0 Å². The Balaban J connectivity index is 1.28. The topological polar surface area (TPSA) is 58.8 Å². The van der Waals surface area contributed by atoms with Crippen LogP contribution in [0.2, 0.25) is 10.0 Å². The number of amides is 1. The van der Waals surface area contributed by atoms with Gasteiger partial charge in [-0.25, -0.2) is 0 Å². The molecule has 1 aliphatic heterocycles. The van der Waals surface area contributed by atoms with Gasteiger partial charge in [0.1, 0.15) is 5.75 Å². The van der Waals surface area contributed by atoms with Gasteiger partial charge in [0.15, 0.2) is 5.76 Å². The highest BCUT2D eigenvalue weighted by Gasteiger charge is 2.55. The minimum absolute atomic E-state index is 0.136. The van der Waals surface area contributed by atoms with Gasteiger partial charge in [0.05, 0.1) is 28.3 Å². The fourth-order valence-corrected chi connectivity index (χ4v) is 4.56. The first-order valence-corrected chi connectivity index (χ1v) is 11.4. The summed E-state index contributed by atoms with van der Waals surface area (Å²) in [6.45, 7) is 2.80. The molecule has 1 amide bonds. The summed E-state index contributed by atoms with van der Waals surface area (Å²) in [6, 6.07) is 15.2. The molecule has 166 valence electrons. The number of methoxy groups -OCH3 is 1. The Morgan fingerprint density at radius 1 is 1.03 bits per heavy atom. The lowest BCUT2D eigenvalue weighted by Crippen LogP contribution is -2.51. The Kier molecular flexibility index (Phi) is 5.51. The SMILES string of the molecule is COc1cccc(-c2cc(C3(C(=O)N4CCN(c5ccc(Cl)c(Cl)c5)CC4)CC3)no2)c1. The molecule has 0 radical (unpaired) electrons. The molecule has 2 heterocycles. The van der Waals surface area contributed by atoms with Crippen LogP contribution in [0.1, 0.15) is 18.5 Å². The number of carbonyl (C=O) groups is 1. The molecule has 8 heteroatoms. The summed E-state index contributed by atoms with van der Waals surface area (Å²) >= 11 is 12.2. The van der Waals surface area contributed by atoms with Crippen LogP contribution in [-0.2, 0) is 10.2 Å². The molecule has 6 nitrogen and oxygen atoms in total. The summed E-state index contributed by atoms with van der Waals surface area (Å²) < 4.78 is 10.9. The van der Waals surface area contributed by atoms with Crippen molar-refractivity contribution in [3.05, 3.63) is 64.3 Å². The summed E-state index contributed by atoms with van der Waals surface area (Å²) in [5, 5.41) is 5.36. The highest BCUT2D eigenvalue weighted by molar-refractivity contribution is 6.42. The summed E-state index contributed by atoms with van der Waals surface area (Å²) in [5.74, 6) is 1.52. The molecule has 5 rings (SSSR count). The van der Waals surface area contributed by atoms with Crippen molar-refractivity contribution in [2.24, 2.45) is 0 Å². The second-order valence-electron chi connectivity index (χ2n) is 8.27. The van der Waals surface area contributed by atoms with Gasteiger partial charge in [0.2, 0.25) is 5.91 Å². The van der Waals surface area contributed by atoms with Gasteiger partial charge in [-0.3, -0.25) is 4.79 Å². The maximum absolute atomic E-state index is 13.4. The molecular weight excluding hydrogens is 449 g/mol. The molecule has 2 aromatic carbocycles. The summed E-state index contributed by atoms with van der Waals surface area (Å²) in [4.78, 5) is 17.6. The van der Waals surface area contributed by atoms with Gasteiger partial charge in [-0.2, -0.15) is 0 Å². The van der Waals surface area contributed by atoms with Gasteiger partial charge in [0, 0.05) is 43.5 Å². The molecule has 2 fully saturated rings. The highest BCUT2D eigenvalue weighted by atomic mass is 35.5. The molecule has 0 unspecified atom stereocenters. The van der Waals surface area contributed by atoms with Crippen LogP contribution in [0.4, 0.5) is 5.69 Å². The van der Waals surface area contributed by atoms with Crippen molar-refractivity contribution in [1.29, 1.82) is 0 Å². The first kappa shape index (κ1) is 21.2. The number of rotatable bonds is 5. The van der Waals surface area contributed by atoms with Gasteiger partial charge < -0.3 is 19.1 Å². The van der Waals surface area contributed by atoms with E-state index in [0.717, 1.165) is 42.9 Å². The molecule has 1 aromatic heterocycles. The smallest absolute Gasteiger partial charge is 0.235 e. The normalized spacial score (nSPS) is 17.3. The maximum atomic E-state index is 13.4. The summed E-state index contributed by atoms with van der Waals surface area (Å²) in [7, 11) is 1.63. The second-order valence-corrected chi connectivity index (χ2v) is 9.08. The molecule has 1 saturated heterocycles. The highest BCUT2D eigenvalue weighted by Crippen LogP contribution is 2.50. The van der Waals surface area contributed by atoms with Crippen LogP contribution in [0, 0.1) is 0 Å². The molecule has 3 aromatic rings. The Bertz CT molecular complexity index is 1150. The first-order valence-electron chi connectivity index (χ1n) is 10.6. The van der Waals surface area contributed by atoms with Crippen LogP contribution in [0.25, 0.3) is 11.3 Å². The average molecular weight is 472 g/mol. The molecule has 32 heavy (non-hydrogen) atoms. The minimum atomic E-state index is -0.563. The van der Waals surface area contributed by atoms with Gasteiger partial charge >= 0.3 is 0 Å². The molecule has 0 atom stereocenters. The van der Waals surface area contributed by atoms with Crippen molar-refractivity contribution in [2.75, 3.05) is 38.2 Å². The average Bonchev–Trinajstić information content (AvgIpc) is 3.49. The maximum Gasteiger partial charge on any atom is 0.235 e. The van der Waals surface area contributed by atoms with E-state index in [9.17, 15) is 4.79 Å². The van der Waals surface area contributed by atoms with Gasteiger partial charge in [-0.1, -0.05) is 40.5 Å². The van der Waals surface area contributed by atoms with Crippen LogP contribution in [0.5, 0.6) is 5.75 Å². The number of hydrogen-bond acceptors (Lipinski definition) is 5. The number of nitrogens with zero attached hydrogens (tertiary/aromatic N) is 3. The molecule has 0 N–H and O–H groups in total. The largest absolute Gasteiger partial charge is 0.497 e. The molecule has 1 aliphatic carbocycles. The third-order valence-corrected chi connectivity index (χ3v) is 7.09. The van der Waals surface area contributed by atoms with Crippen LogP contribution in [0.15, 0.2) is 53.1 Å². The van der Waals surface area contributed by atoms with Crippen LogP contribution >= 0.6 is 23.2 Å². The number of halogens is 2. The van der Waals surface area contributed by atoms with Crippen LogP contribution < -0.4 is 9.64 Å². The third-order valence-electron chi connectivity index (χ3n) is 6.35. The quantitative estimate of drug-likeness (QED) is 0.521. The van der Waals surface area contributed by atoms with E-state index in [2.05, 4.69) is 10.1 Å². The van der Waals surface area contributed by atoms with E-state index >= 15 is 0 Å². The molecule has 0 bridgehead atoms. The Morgan fingerprint density at radius 3 is 2.50 bits per heavy atom. The zero-order valence-electron chi connectivity index (χ0n) is 17.7. The van der Waals surface area contributed by atoms with E-state index in [-0.39, 0.29) is 5.91 Å². The molecule has 1 saturated carbocycles. The minimum Gasteiger partial charge on any atom is -0.497 e. The van der Waals surface area contributed by atoms with E-state index in [1.54, 1.807) is 13.2 Å².